The van der Waals surface area contributed by atoms with Gasteiger partial charge in [0.15, 0.2) is 0 Å². The van der Waals surface area contributed by atoms with Gasteiger partial charge in [0.1, 0.15) is 0 Å². The molecule has 4 nitrogen and oxygen atoms in total. The van der Waals surface area contributed by atoms with Crippen LogP contribution in [-0.4, -0.2) is 26.2 Å². The molecule has 0 bridgehead atoms. The lowest BCUT2D eigenvalue weighted by molar-refractivity contribution is 0.118. The van der Waals surface area contributed by atoms with E-state index in [1.165, 1.54) is 24.3 Å². The minimum Gasteiger partial charge on any atom is -0.391 e. The number of sulfonamides is 1. The highest BCUT2D eigenvalue weighted by atomic mass is 35.5. The van der Waals surface area contributed by atoms with Gasteiger partial charge in [-0.2, -0.15) is 0 Å². The van der Waals surface area contributed by atoms with Gasteiger partial charge < -0.3 is 5.11 Å². The molecule has 0 radical (unpaired) electrons. The van der Waals surface area contributed by atoms with Crippen molar-refractivity contribution >= 4 is 21.6 Å². The Labute approximate surface area is 113 Å². The van der Waals surface area contributed by atoms with Crippen molar-refractivity contribution in [2.24, 2.45) is 5.92 Å². The van der Waals surface area contributed by atoms with Crippen LogP contribution in [0.3, 0.4) is 0 Å². The number of halogens is 1. The Kier molecular flexibility index (Phi) is 5.59. The van der Waals surface area contributed by atoms with E-state index in [9.17, 15) is 13.5 Å². The van der Waals surface area contributed by atoms with Crippen LogP contribution in [-0.2, 0) is 10.0 Å². The summed E-state index contributed by atoms with van der Waals surface area (Å²) in [5, 5.41) is 10.2. The first-order valence-corrected chi connectivity index (χ1v) is 7.66. The first-order valence-electron chi connectivity index (χ1n) is 5.80. The maximum Gasteiger partial charge on any atom is 0.240 e. The van der Waals surface area contributed by atoms with E-state index in [-0.39, 0.29) is 17.4 Å². The van der Waals surface area contributed by atoms with Gasteiger partial charge in [0.25, 0.3) is 0 Å². The standard InChI is InChI=1S/C12H18ClNO3S/c1-3-9(2)12(15)8-14-18(16,17)11-6-4-10(13)5-7-11/h4-7,9,12,14-15H,3,8H2,1-2H3. The van der Waals surface area contributed by atoms with E-state index in [2.05, 4.69) is 4.72 Å². The number of hydrogen-bond acceptors (Lipinski definition) is 3. The molecule has 2 unspecified atom stereocenters. The van der Waals surface area contributed by atoms with Crippen LogP contribution in [0.25, 0.3) is 0 Å². The SMILES string of the molecule is CCC(C)C(O)CNS(=O)(=O)c1ccc(Cl)cc1. The van der Waals surface area contributed by atoms with Crippen molar-refractivity contribution < 1.29 is 13.5 Å². The molecule has 6 heteroatoms. The molecule has 0 spiro atoms. The predicted octanol–water partition coefficient (Wildman–Crippen LogP) is 2.03. The second-order valence-electron chi connectivity index (χ2n) is 4.26. The Morgan fingerprint density at radius 2 is 1.89 bits per heavy atom. The summed E-state index contributed by atoms with van der Waals surface area (Å²) in [6.07, 6.45) is 0.112. The molecule has 1 aromatic carbocycles. The number of aliphatic hydroxyl groups is 1. The van der Waals surface area contributed by atoms with E-state index in [1.807, 2.05) is 13.8 Å². The van der Waals surface area contributed by atoms with Gasteiger partial charge in [0, 0.05) is 11.6 Å². The molecule has 0 heterocycles. The first-order chi connectivity index (χ1) is 8.36. The summed E-state index contributed by atoms with van der Waals surface area (Å²) < 4.78 is 26.2. The Bertz CT molecular complexity index is 473. The lowest BCUT2D eigenvalue weighted by atomic mass is 10.0. The van der Waals surface area contributed by atoms with Crippen molar-refractivity contribution in [2.45, 2.75) is 31.3 Å². The van der Waals surface area contributed by atoms with E-state index in [0.29, 0.717) is 5.02 Å². The van der Waals surface area contributed by atoms with Gasteiger partial charge in [-0.15, -0.1) is 0 Å². The summed E-state index contributed by atoms with van der Waals surface area (Å²) in [6, 6.07) is 5.89. The molecule has 102 valence electrons. The van der Waals surface area contributed by atoms with Gasteiger partial charge >= 0.3 is 0 Å². The first kappa shape index (κ1) is 15.4. The highest BCUT2D eigenvalue weighted by molar-refractivity contribution is 7.89. The predicted molar refractivity (Wildman–Crippen MR) is 72.1 cm³/mol. The van der Waals surface area contributed by atoms with Crippen LogP contribution in [0, 0.1) is 5.92 Å². The van der Waals surface area contributed by atoms with Crippen molar-refractivity contribution in [1.29, 1.82) is 0 Å². The fourth-order valence-electron chi connectivity index (χ4n) is 1.37. The fourth-order valence-corrected chi connectivity index (χ4v) is 2.54. The summed E-state index contributed by atoms with van der Waals surface area (Å²) in [6.45, 7) is 3.84. The molecule has 1 aromatic rings. The molecule has 0 saturated heterocycles. The molecule has 2 N–H and O–H groups in total. The lowest BCUT2D eigenvalue weighted by Gasteiger charge is -2.17. The van der Waals surface area contributed by atoms with Gasteiger partial charge in [-0.1, -0.05) is 31.9 Å². The normalized spacial score (nSPS) is 15.3. The molecule has 0 aliphatic heterocycles. The minimum atomic E-state index is -3.58. The third-order valence-corrected chi connectivity index (χ3v) is 4.60. The van der Waals surface area contributed by atoms with Crippen LogP contribution in [0.5, 0.6) is 0 Å². The van der Waals surface area contributed by atoms with Crippen molar-refractivity contribution in [3.63, 3.8) is 0 Å². The molecule has 1 rings (SSSR count). The van der Waals surface area contributed by atoms with Crippen LogP contribution in [0.15, 0.2) is 29.2 Å². The molecule has 0 amide bonds. The summed E-state index contributed by atoms with van der Waals surface area (Å²) in [4.78, 5) is 0.142. The van der Waals surface area contributed by atoms with Crippen LogP contribution in [0.2, 0.25) is 5.02 Å². The zero-order chi connectivity index (χ0) is 13.8. The number of benzene rings is 1. The zero-order valence-electron chi connectivity index (χ0n) is 10.4. The molecular formula is C12H18ClNO3S. The van der Waals surface area contributed by atoms with E-state index < -0.39 is 16.1 Å². The average molecular weight is 292 g/mol. The Morgan fingerprint density at radius 3 is 2.39 bits per heavy atom. The zero-order valence-corrected chi connectivity index (χ0v) is 12.0. The van der Waals surface area contributed by atoms with E-state index >= 15 is 0 Å². The maximum absolute atomic E-state index is 11.9. The van der Waals surface area contributed by atoms with Crippen molar-refractivity contribution in [1.82, 2.24) is 4.72 Å². The Balaban J connectivity index is 2.68. The number of aliphatic hydroxyl groups excluding tert-OH is 1. The van der Waals surface area contributed by atoms with Gasteiger partial charge in [-0.25, -0.2) is 13.1 Å². The topological polar surface area (TPSA) is 66.4 Å². The van der Waals surface area contributed by atoms with Gasteiger partial charge in [-0.05, 0) is 30.2 Å². The number of nitrogens with one attached hydrogen (secondary N) is 1. The molecular weight excluding hydrogens is 274 g/mol. The highest BCUT2D eigenvalue weighted by Gasteiger charge is 2.18. The minimum absolute atomic E-state index is 0.0139. The smallest absolute Gasteiger partial charge is 0.240 e. The highest BCUT2D eigenvalue weighted by Crippen LogP contribution is 2.14. The quantitative estimate of drug-likeness (QED) is 0.843. The second kappa shape index (κ2) is 6.52. The Hall–Kier alpha value is -0.620. The maximum atomic E-state index is 11.9. The molecule has 0 saturated carbocycles. The van der Waals surface area contributed by atoms with Crippen LogP contribution < -0.4 is 4.72 Å². The third kappa shape index (κ3) is 4.24. The second-order valence-corrected chi connectivity index (χ2v) is 6.46. The molecule has 2 atom stereocenters. The van der Waals surface area contributed by atoms with Crippen LogP contribution in [0.4, 0.5) is 0 Å². The molecule has 0 fully saturated rings. The van der Waals surface area contributed by atoms with E-state index in [0.717, 1.165) is 6.42 Å². The molecule has 0 aliphatic carbocycles. The lowest BCUT2D eigenvalue weighted by Crippen LogP contribution is -2.35. The summed E-state index contributed by atoms with van der Waals surface area (Å²) in [5.41, 5.74) is 0. The van der Waals surface area contributed by atoms with Crippen molar-refractivity contribution in [3.05, 3.63) is 29.3 Å². The van der Waals surface area contributed by atoms with E-state index in [1.54, 1.807) is 0 Å². The van der Waals surface area contributed by atoms with Crippen molar-refractivity contribution in [2.75, 3.05) is 6.54 Å². The van der Waals surface area contributed by atoms with Crippen molar-refractivity contribution in [3.8, 4) is 0 Å². The largest absolute Gasteiger partial charge is 0.391 e. The van der Waals surface area contributed by atoms with Crippen LogP contribution in [0.1, 0.15) is 20.3 Å². The van der Waals surface area contributed by atoms with Gasteiger partial charge in [0.2, 0.25) is 10.0 Å². The fraction of sp³-hybridized carbons (Fsp3) is 0.500. The Morgan fingerprint density at radius 1 is 1.33 bits per heavy atom. The molecule has 18 heavy (non-hydrogen) atoms. The monoisotopic (exact) mass is 291 g/mol. The van der Waals surface area contributed by atoms with Gasteiger partial charge in [0.05, 0.1) is 11.0 Å². The summed E-state index contributed by atoms with van der Waals surface area (Å²) in [7, 11) is -3.58. The van der Waals surface area contributed by atoms with Gasteiger partial charge in [-0.3, -0.25) is 0 Å². The number of rotatable bonds is 6. The summed E-state index contributed by atoms with van der Waals surface area (Å²) in [5.74, 6) is 0.0536. The van der Waals surface area contributed by atoms with E-state index in [4.69, 9.17) is 11.6 Å². The number of hydrogen-bond donors (Lipinski definition) is 2. The molecule has 0 aliphatic rings. The summed E-state index contributed by atoms with van der Waals surface area (Å²) >= 11 is 5.69. The third-order valence-electron chi connectivity index (χ3n) is 2.91. The molecule has 0 aromatic heterocycles. The average Bonchev–Trinajstić information content (AvgIpc) is 2.35. The van der Waals surface area contributed by atoms with Crippen LogP contribution >= 0.6 is 11.6 Å².